The number of anilines is 1. The SMILES string of the molecule is O=C(Cc1ccn[nH]1)Nc1cc(-c2ccc(Cl)cc2)nn1CCO. The van der Waals surface area contributed by atoms with E-state index in [9.17, 15) is 9.90 Å². The van der Waals surface area contributed by atoms with Crippen molar-refractivity contribution in [2.24, 2.45) is 0 Å². The Morgan fingerprint density at radius 2 is 2.08 bits per heavy atom. The Balaban J connectivity index is 1.80. The van der Waals surface area contributed by atoms with E-state index in [-0.39, 0.29) is 25.5 Å². The fourth-order valence-electron chi connectivity index (χ4n) is 2.29. The number of aromatic nitrogens is 4. The molecule has 0 aliphatic heterocycles. The first kappa shape index (κ1) is 16.2. The fourth-order valence-corrected chi connectivity index (χ4v) is 2.41. The zero-order valence-electron chi connectivity index (χ0n) is 12.7. The molecule has 3 aromatic rings. The van der Waals surface area contributed by atoms with Gasteiger partial charge in [-0.25, -0.2) is 4.68 Å². The number of rotatable bonds is 6. The first-order valence-electron chi connectivity index (χ1n) is 7.38. The number of aliphatic hydroxyl groups excluding tert-OH is 1. The number of amides is 1. The van der Waals surface area contributed by atoms with Gasteiger partial charge in [-0.1, -0.05) is 23.7 Å². The lowest BCUT2D eigenvalue weighted by molar-refractivity contribution is -0.115. The number of aromatic amines is 1. The van der Waals surface area contributed by atoms with Crippen LogP contribution >= 0.6 is 11.6 Å². The van der Waals surface area contributed by atoms with Crippen molar-refractivity contribution in [3.63, 3.8) is 0 Å². The third kappa shape index (κ3) is 3.81. The Labute approximate surface area is 143 Å². The summed E-state index contributed by atoms with van der Waals surface area (Å²) in [6, 6.07) is 10.8. The number of hydrogen-bond acceptors (Lipinski definition) is 4. The Kier molecular flexibility index (Phi) is 4.93. The van der Waals surface area contributed by atoms with Gasteiger partial charge in [0.25, 0.3) is 0 Å². The fraction of sp³-hybridized carbons (Fsp3) is 0.188. The molecule has 8 heteroatoms. The van der Waals surface area contributed by atoms with E-state index in [1.165, 1.54) is 0 Å². The number of aliphatic hydroxyl groups is 1. The predicted molar refractivity (Wildman–Crippen MR) is 90.7 cm³/mol. The minimum Gasteiger partial charge on any atom is -0.394 e. The van der Waals surface area contributed by atoms with Gasteiger partial charge in [0.1, 0.15) is 5.82 Å². The molecule has 0 unspecified atom stereocenters. The van der Waals surface area contributed by atoms with Crippen LogP contribution in [-0.4, -0.2) is 37.6 Å². The van der Waals surface area contributed by atoms with E-state index in [1.807, 2.05) is 12.1 Å². The van der Waals surface area contributed by atoms with Gasteiger partial charge in [-0.05, 0) is 18.2 Å². The molecule has 1 aromatic carbocycles. The number of nitrogens with zero attached hydrogens (tertiary/aromatic N) is 3. The van der Waals surface area contributed by atoms with Gasteiger partial charge in [-0.15, -0.1) is 0 Å². The van der Waals surface area contributed by atoms with Crippen molar-refractivity contribution in [1.29, 1.82) is 0 Å². The van der Waals surface area contributed by atoms with Crippen LogP contribution in [0.25, 0.3) is 11.3 Å². The molecule has 0 spiro atoms. The number of H-pyrrole nitrogens is 1. The molecule has 7 nitrogen and oxygen atoms in total. The van der Waals surface area contributed by atoms with Gasteiger partial charge in [0, 0.05) is 28.5 Å². The van der Waals surface area contributed by atoms with Crippen LogP contribution < -0.4 is 5.32 Å². The lowest BCUT2D eigenvalue weighted by atomic mass is 10.1. The maximum absolute atomic E-state index is 12.1. The van der Waals surface area contributed by atoms with Crippen LogP contribution in [0, 0.1) is 0 Å². The summed E-state index contributed by atoms with van der Waals surface area (Å²) in [6.07, 6.45) is 1.78. The van der Waals surface area contributed by atoms with Gasteiger partial charge in [-0.2, -0.15) is 10.2 Å². The Bertz CT molecular complexity index is 812. The Hall–Kier alpha value is -2.64. The molecule has 0 aliphatic rings. The molecule has 0 bridgehead atoms. The molecule has 2 aromatic heterocycles. The smallest absolute Gasteiger partial charge is 0.231 e. The molecule has 0 fully saturated rings. The maximum Gasteiger partial charge on any atom is 0.231 e. The minimum atomic E-state index is -0.194. The van der Waals surface area contributed by atoms with Crippen molar-refractivity contribution < 1.29 is 9.90 Å². The molecule has 3 N–H and O–H groups in total. The lowest BCUT2D eigenvalue weighted by Gasteiger charge is -2.06. The second kappa shape index (κ2) is 7.29. The molecule has 0 radical (unpaired) electrons. The molecular formula is C16H16ClN5O2. The maximum atomic E-state index is 12.1. The normalized spacial score (nSPS) is 10.8. The van der Waals surface area contributed by atoms with Crippen LogP contribution in [0.1, 0.15) is 5.69 Å². The Morgan fingerprint density at radius 1 is 1.29 bits per heavy atom. The van der Waals surface area contributed by atoms with Gasteiger partial charge in [-0.3, -0.25) is 9.89 Å². The molecule has 0 saturated heterocycles. The largest absolute Gasteiger partial charge is 0.394 e. The van der Waals surface area contributed by atoms with Crippen molar-refractivity contribution in [2.45, 2.75) is 13.0 Å². The van der Waals surface area contributed by atoms with Gasteiger partial charge < -0.3 is 10.4 Å². The van der Waals surface area contributed by atoms with Crippen LogP contribution in [0.4, 0.5) is 5.82 Å². The van der Waals surface area contributed by atoms with Crippen LogP contribution in [0.5, 0.6) is 0 Å². The quantitative estimate of drug-likeness (QED) is 0.637. The topological polar surface area (TPSA) is 95.8 Å². The summed E-state index contributed by atoms with van der Waals surface area (Å²) in [5, 5.41) is 23.6. The van der Waals surface area contributed by atoms with Crippen LogP contribution in [-0.2, 0) is 17.8 Å². The van der Waals surface area contributed by atoms with E-state index in [4.69, 9.17) is 11.6 Å². The zero-order valence-corrected chi connectivity index (χ0v) is 13.5. The Morgan fingerprint density at radius 3 is 2.75 bits per heavy atom. The molecule has 2 heterocycles. The highest BCUT2D eigenvalue weighted by Crippen LogP contribution is 2.23. The standard InChI is InChI=1S/C16H16ClN5O2/c17-12-3-1-11(2-4-12)14-10-15(22(21-14)7-8-23)19-16(24)9-13-5-6-18-20-13/h1-6,10,23H,7-9H2,(H,18,20)(H,19,24). The summed E-state index contributed by atoms with van der Waals surface area (Å²) >= 11 is 5.90. The average molecular weight is 346 g/mol. The van der Waals surface area contributed by atoms with Gasteiger partial charge in [0.05, 0.1) is 25.3 Å². The van der Waals surface area contributed by atoms with Crippen molar-refractivity contribution in [3.8, 4) is 11.3 Å². The van der Waals surface area contributed by atoms with Crippen molar-refractivity contribution in [2.75, 3.05) is 11.9 Å². The highest BCUT2D eigenvalue weighted by molar-refractivity contribution is 6.30. The number of hydrogen-bond donors (Lipinski definition) is 3. The zero-order chi connectivity index (χ0) is 16.9. The highest BCUT2D eigenvalue weighted by Gasteiger charge is 2.13. The molecule has 3 rings (SSSR count). The second-order valence-corrected chi connectivity index (χ2v) is 5.61. The van der Waals surface area contributed by atoms with Crippen LogP contribution in [0.2, 0.25) is 5.02 Å². The lowest BCUT2D eigenvalue weighted by Crippen LogP contribution is -2.18. The summed E-state index contributed by atoms with van der Waals surface area (Å²) in [6.45, 7) is 0.207. The molecule has 0 aliphatic carbocycles. The second-order valence-electron chi connectivity index (χ2n) is 5.18. The number of halogens is 1. The predicted octanol–water partition coefficient (Wildman–Crippen LogP) is 2.10. The monoisotopic (exact) mass is 345 g/mol. The molecular weight excluding hydrogens is 330 g/mol. The summed E-state index contributed by atoms with van der Waals surface area (Å²) < 4.78 is 1.56. The summed E-state index contributed by atoms with van der Waals surface area (Å²) in [4.78, 5) is 12.1. The third-order valence-electron chi connectivity index (χ3n) is 3.41. The van der Waals surface area contributed by atoms with Crippen molar-refractivity contribution in [1.82, 2.24) is 20.0 Å². The van der Waals surface area contributed by atoms with Crippen molar-refractivity contribution in [3.05, 3.63) is 53.3 Å². The number of carbonyl (C=O) groups excluding carboxylic acids is 1. The molecule has 24 heavy (non-hydrogen) atoms. The van der Waals surface area contributed by atoms with Gasteiger partial charge in [0.2, 0.25) is 5.91 Å². The van der Waals surface area contributed by atoms with E-state index in [0.717, 1.165) is 11.3 Å². The summed E-state index contributed by atoms with van der Waals surface area (Å²) in [5.41, 5.74) is 2.29. The van der Waals surface area contributed by atoms with E-state index in [1.54, 1.807) is 35.1 Å². The van der Waals surface area contributed by atoms with E-state index in [2.05, 4.69) is 20.6 Å². The van der Waals surface area contributed by atoms with Crippen LogP contribution in [0.3, 0.4) is 0 Å². The van der Waals surface area contributed by atoms with Crippen LogP contribution in [0.15, 0.2) is 42.6 Å². The third-order valence-corrected chi connectivity index (χ3v) is 3.66. The number of nitrogens with one attached hydrogen (secondary N) is 2. The first-order chi connectivity index (χ1) is 11.7. The first-order valence-corrected chi connectivity index (χ1v) is 7.76. The number of benzene rings is 1. The van der Waals surface area contributed by atoms with E-state index < -0.39 is 0 Å². The van der Waals surface area contributed by atoms with E-state index >= 15 is 0 Å². The van der Waals surface area contributed by atoms with Crippen molar-refractivity contribution >= 4 is 23.3 Å². The number of carbonyl (C=O) groups is 1. The highest BCUT2D eigenvalue weighted by atomic mass is 35.5. The molecule has 1 amide bonds. The average Bonchev–Trinajstić information content (AvgIpc) is 3.19. The molecule has 0 atom stereocenters. The minimum absolute atomic E-state index is 0.0782. The molecule has 0 saturated carbocycles. The van der Waals surface area contributed by atoms with Gasteiger partial charge in [0.15, 0.2) is 0 Å². The summed E-state index contributed by atoms with van der Waals surface area (Å²) in [5.74, 6) is 0.333. The van der Waals surface area contributed by atoms with Gasteiger partial charge >= 0.3 is 0 Å². The molecule has 124 valence electrons. The summed E-state index contributed by atoms with van der Waals surface area (Å²) in [7, 11) is 0. The van der Waals surface area contributed by atoms with E-state index in [0.29, 0.717) is 16.5 Å².